The second-order valence-corrected chi connectivity index (χ2v) is 12.2. The van der Waals surface area contributed by atoms with Crippen LogP contribution in [0.3, 0.4) is 0 Å². The van der Waals surface area contributed by atoms with Gasteiger partial charge in [-0.2, -0.15) is 0 Å². The molecule has 0 aliphatic carbocycles. The molecule has 5 rings (SSSR count). The highest BCUT2D eigenvalue weighted by Crippen LogP contribution is 2.41. The van der Waals surface area contributed by atoms with Gasteiger partial charge in [0.05, 0.1) is 32.3 Å². The number of methoxy groups -OCH3 is 3. The smallest absolute Gasteiger partial charge is 0.272 e. The maximum atomic E-state index is 13.8. The number of benzene rings is 4. The molecule has 1 aliphatic heterocycles. The molecule has 1 saturated heterocycles. The molecule has 4 amide bonds. The fourth-order valence-corrected chi connectivity index (χ4v) is 6.29. The Morgan fingerprint density at radius 2 is 1.58 bits per heavy atom. The lowest BCUT2D eigenvalue weighted by molar-refractivity contribution is -0.121. The molecule has 11 heteroatoms. The van der Waals surface area contributed by atoms with Crippen LogP contribution in [-0.2, 0) is 14.4 Å². The van der Waals surface area contributed by atoms with E-state index < -0.39 is 17.1 Å². The first-order chi connectivity index (χ1) is 23.1. The Balaban J connectivity index is 1.39. The van der Waals surface area contributed by atoms with E-state index in [1.54, 1.807) is 72.8 Å². The van der Waals surface area contributed by atoms with Gasteiger partial charge in [-0.25, -0.2) is 4.90 Å². The fourth-order valence-electron chi connectivity index (χ4n) is 5.18. The lowest BCUT2D eigenvalue weighted by atomic mass is 10.1. The van der Waals surface area contributed by atoms with E-state index in [0.717, 1.165) is 11.1 Å². The van der Waals surface area contributed by atoms with Crippen LogP contribution in [0, 0.1) is 13.8 Å². The number of thioether (sulfide) groups is 1. The van der Waals surface area contributed by atoms with Gasteiger partial charge in [0.2, 0.25) is 17.6 Å². The van der Waals surface area contributed by atoms with Crippen molar-refractivity contribution >= 4 is 52.8 Å². The molecule has 1 aliphatic rings. The number of anilines is 2. The summed E-state index contributed by atoms with van der Waals surface area (Å²) in [5.41, 5.74) is 3.80. The first kappa shape index (κ1) is 33.8. The minimum absolute atomic E-state index is 0.0541. The maximum absolute atomic E-state index is 13.8. The zero-order valence-corrected chi connectivity index (χ0v) is 28.0. The summed E-state index contributed by atoms with van der Waals surface area (Å²) in [5, 5.41) is 4.94. The van der Waals surface area contributed by atoms with Crippen LogP contribution in [0.25, 0.3) is 6.08 Å². The molecule has 0 radical (unpaired) electrons. The standard InChI is InChI=1S/C37H35N3O7S/c1-22-14-16-27(18-23(22)2)40-32(41)21-31(37(40)44)48-28-13-9-12-26(20-28)38-36(43)29(39-35(42)24-10-7-6-8-11-24)19-25-15-17-30(45-3)34(47-5)33(25)46-4/h6-20,31H,21H2,1-5H3,(H,38,43)(H,39,42)/b29-19-. The molecule has 1 heterocycles. The lowest BCUT2D eigenvalue weighted by Gasteiger charge is -2.17. The second-order valence-electron chi connectivity index (χ2n) is 10.9. The van der Waals surface area contributed by atoms with Gasteiger partial charge in [0, 0.05) is 28.1 Å². The summed E-state index contributed by atoms with van der Waals surface area (Å²) < 4.78 is 16.5. The van der Waals surface area contributed by atoms with Crippen LogP contribution in [-0.4, -0.2) is 50.2 Å². The molecule has 10 nitrogen and oxygen atoms in total. The van der Waals surface area contributed by atoms with Gasteiger partial charge in [-0.05, 0) is 85.6 Å². The van der Waals surface area contributed by atoms with Crippen LogP contribution >= 0.6 is 11.8 Å². The number of carbonyl (C=O) groups is 4. The summed E-state index contributed by atoms with van der Waals surface area (Å²) in [6, 6.07) is 24.3. The summed E-state index contributed by atoms with van der Waals surface area (Å²) >= 11 is 1.25. The number of amides is 4. The number of carbonyl (C=O) groups excluding carboxylic acids is 4. The molecule has 1 fully saturated rings. The predicted octanol–water partition coefficient (Wildman–Crippen LogP) is 6.16. The number of hydrogen-bond donors (Lipinski definition) is 2. The van der Waals surface area contributed by atoms with Crippen molar-refractivity contribution in [1.29, 1.82) is 0 Å². The third-order valence-corrected chi connectivity index (χ3v) is 8.97. The van der Waals surface area contributed by atoms with E-state index in [1.807, 2.05) is 26.0 Å². The van der Waals surface area contributed by atoms with Gasteiger partial charge in [-0.3, -0.25) is 19.2 Å². The van der Waals surface area contributed by atoms with Crippen molar-refractivity contribution < 1.29 is 33.4 Å². The molecular weight excluding hydrogens is 630 g/mol. The van der Waals surface area contributed by atoms with E-state index in [4.69, 9.17) is 14.2 Å². The Morgan fingerprint density at radius 3 is 2.27 bits per heavy atom. The highest BCUT2D eigenvalue weighted by atomic mass is 32.2. The third kappa shape index (κ3) is 7.37. The minimum atomic E-state index is -0.622. The van der Waals surface area contributed by atoms with E-state index in [2.05, 4.69) is 10.6 Å². The highest BCUT2D eigenvalue weighted by Gasteiger charge is 2.40. The zero-order valence-electron chi connectivity index (χ0n) is 27.2. The van der Waals surface area contributed by atoms with Crippen molar-refractivity contribution in [3.05, 3.63) is 113 Å². The number of aryl methyl sites for hydroxylation is 2. The Bertz CT molecular complexity index is 1910. The van der Waals surface area contributed by atoms with E-state index in [9.17, 15) is 19.2 Å². The summed E-state index contributed by atoms with van der Waals surface area (Å²) in [5.74, 6) is -0.589. The van der Waals surface area contributed by atoms with Crippen molar-refractivity contribution in [2.24, 2.45) is 0 Å². The van der Waals surface area contributed by atoms with Crippen LogP contribution in [0.15, 0.2) is 95.5 Å². The number of nitrogens with zero attached hydrogens (tertiary/aromatic N) is 1. The molecular formula is C37H35N3O7S. The van der Waals surface area contributed by atoms with Gasteiger partial charge >= 0.3 is 0 Å². The molecule has 0 saturated carbocycles. The third-order valence-electron chi connectivity index (χ3n) is 7.79. The Labute approximate surface area is 283 Å². The maximum Gasteiger partial charge on any atom is 0.272 e. The predicted molar refractivity (Wildman–Crippen MR) is 186 cm³/mol. The van der Waals surface area contributed by atoms with Gasteiger partial charge in [0.1, 0.15) is 5.70 Å². The molecule has 48 heavy (non-hydrogen) atoms. The molecule has 0 spiro atoms. The summed E-state index contributed by atoms with van der Waals surface area (Å²) in [7, 11) is 4.43. The second kappa shape index (κ2) is 14.9. The molecule has 2 N–H and O–H groups in total. The molecule has 1 unspecified atom stereocenters. The number of hydrogen-bond acceptors (Lipinski definition) is 8. The lowest BCUT2D eigenvalue weighted by Crippen LogP contribution is -2.31. The van der Waals surface area contributed by atoms with Crippen LogP contribution in [0.2, 0.25) is 0 Å². The van der Waals surface area contributed by atoms with E-state index in [0.29, 0.717) is 44.6 Å². The van der Waals surface area contributed by atoms with Crippen molar-refractivity contribution in [2.75, 3.05) is 31.5 Å². The first-order valence-corrected chi connectivity index (χ1v) is 15.9. The van der Waals surface area contributed by atoms with E-state index >= 15 is 0 Å². The summed E-state index contributed by atoms with van der Waals surface area (Å²) in [6.07, 6.45) is 1.54. The topological polar surface area (TPSA) is 123 Å². The van der Waals surface area contributed by atoms with Crippen molar-refractivity contribution in [3.8, 4) is 17.2 Å². The van der Waals surface area contributed by atoms with Gasteiger partial charge in [-0.15, -0.1) is 11.8 Å². The van der Waals surface area contributed by atoms with Crippen molar-refractivity contribution in [1.82, 2.24) is 5.32 Å². The molecule has 1 atom stereocenters. The Morgan fingerprint density at radius 1 is 0.833 bits per heavy atom. The summed E-state index contributed by atoms with van der Waals surface area (Å²) in [4.78, 5) is 55.1. The zero-order chi connectivity index (χ0) is 34.4. The number of imide groups is 1. The van der Waals surface area contributed by atoms with Crippen LogP contribution in [0.1, 0.15) is 33.5 Å². The number of ether oxygens (including phenoxy) is 3. The molecule has 0 aromatic heterocycles. The minimum Gasteiger partial charge on any atom is -0.493 e. The molecule has 4 aromatic rings. The van der Waals surface area contributed by atoms with Gasteiger partial charge in [-0.1, -0.05) is 30.3 Å². The van der Waals surface area contributed by atoms with Crippen LogP contribution in [0.4, 0.5) is 11.4 Å². The van der Waals surface area contributed by atoms with Gasteiger partial charge in [0.15, 0.2) is 11.5 Å². The van der Waals surface area contributed by atoms with Gasteiger partial charge in [0.25, 0.3) is 11.8 Å². The quantitative estimate of drug-likeness (QED) is 0.144. The largest absolute Gasteiger partial charge is 0.493 e. The Hall–Kier alpha value is -5.55. The fraction of sp³-hybridized carbons (Fsp3) is 0.189. The highest BCUT2D eigenvalue weighted by molar-refractivity contribution is 8.00. The van der Waals surface area contributed by atoms with Crippen molar-refractivity contribution in [2.45, 2.75) is 30.4 Å². The normalized spacial score (nSPS) is 14.5. The molecule has 0 bridgehead atoms. The van der Waals surface area contributed by atoms with E-state index in [-0.39, 0.29) is 23.9 Å². The Kier molecular flexibility index (Phi) is 10.5. The van der Waals surface area contributed by atoms with Gasteiger partial charge < -0.3 is 24.8 Å². The number of nitrogens with one attached hydrogen (secondary N) is 2. The van der Waals surface area contributed by atoms with Crippen LogP contribution < -0.4 is 29.7 Å². The molecule has 4 aromatic carbocycles. The first-order valence-electron chi connectivity index (χ1n) is 15.0. The average molecular weight is 666 g/mol. The number of rotatable bonds is 11. The monoisotopic (exact) mass is 665 g/mol. The average Bonchev–Trinajstić information content (AvgIpc) is 3.37. The summed E-state index contributed by atoms with van der Waals surface area (Å²) in [6.45, 7) is 3.91. The SMILES string of the molecule is COc1ccc(/C=C(\NC(=O)c2ccccc2)C(=O)Nc2cccc(SC3CC(=O)N(c4ccc(C)c(C)c4)C3=O)c2)c(OC)c1OC. The van der Waals surface area contributed by atoms with Crippen LogP contribution in [0.5, 0.6) is 17.2 Å². The van der Waals surface area contributed by atoms with Crippen molar-refractivity contribution in [3.63, 3.8) is 0 Å². The molecule has 246 valence electrons. The van der Waals surface area contributed by atoms with E-state index in [1.165, 1.54) is 44.1 Å².